The summed E-state index contributed by atoms with van der Waals surface area (Å²) >= 11 is 0. The first-order valence-electron chi connectivity index (χ1n) is 30.4. The van der Waals surface area contributed by atoms with Gasteiger partial charge in [0.05, 0.1) is 12.7 Å². The molecule has 0 amide bonds. The van der Waals surface area contributed by atoms with Crippen molar-refractivity contribution in [1.29, 1.82) is 0 Å². The Morgan fingerprint density at radius 2 is 1.04 bits per heavy atom. The van der Waals surface area contributed by atoms with E-state index < -0.39 is 13.8 Å². The third-order valence-electron chi connectivity index (χ3n) is 15.3. The monoisotopic (exact) mass is 1120 g/mol. The van der Waals surface area contributed by atoms with E-state index in [0.717, 1.165) is 89.2 Å². The van der Waals surface area contributed by atoms with Gasteiger partial charge in [0.2, 0.25) is 0 Å². The van der Waals surface area contributed by atoms with E-state index in [2.05, 4.69) is 166 Å². The number of rotatable bonds is 18. The van der Waals surface area contributed by atoms with Gasteiger partial charge in [-0.3, -0.25) is 24.2 Å². The zero-order valence-corrected chi connectivity index (χ0v) is 54.2. The lowest BCUT2D eigenvalue weighted by Gasteiger charge is -2.41. The fourth-order valence-electron chi connectivity index (χ4n) is 9.30. The maximum absolute atomic E-state index is 12.8. The van der Waals surface area contributed by atoms with E-state index in [1.54, 1.807) is 7.11 Å². The molecule has 0 radical (unpaired) electrons. The summed E-state index contributed by atoms with van der Waals surface area (Å²) in [5, 5.41) is 9.87. The van der Waals surface area contributed by atoms with Gasteiger partial charge < -0.3 is 47.3 Å². The summed E-state index contributed by atoms with van der Waals surface area (Å²) in [6.07, 6.45) is 16.2. The third kappa shape index (κ3) is 40.9. The molecule has 14 nitrogen and oxygen atoms in total. The van der Waals surface area contributed by atoms with Crippen LogP contribution < -0.4 is 33.2 Å². The molecule has 6 aliphatic rings. The molecule has 6 rings (SSSR count). The van der Waals surface area contributed by atoms with Crippen LogP contribution in [-0.4, -0.2) is 190 Å². The van der Waals surface area contributed by atoms with Crippen molar-refractivity contribution < 1.29 is 23.1 Å². The minimum Gasteiger partial charge on any atom is -0.383 e. The summed E-state index contributed by atoms with van der Waals surface area (Å²) in [5.41, 5.74) is 17.2. The first-order valence-corrected chi connectivity index (χ1v) is 32.4. The molecule has 4 aliphatic heterocycles. The van der Waals surface area contributed by atoms with Gasteiger partial charge in [-0.15, -0.1) is 12.3 Å². The topological polar surface area (TPSA) is 183 Å². The number of hydrogen-bond donors (Lipinski definition) is 7. The molecule has 77 heavy (non-hydrogen) atoms. The van der Waals surface area contributed by atoms with E-state index in [1.807, 2.05) is 0 Å². The normalized spacial score (nSPS) is 24.8. The predicted octanol–water partition coefficient (Wildman–Crippen LogP) is 9.77. The van der Waals surface area contributed by atoms with Gasteiger partial charge >= 0.3 is 7.60 Å². The third-order valence-corrected chi connectivity index (χ3v) is 16.0. The summed E-state index contributed by atoms with van der Waals surface area (Å²) < 4.78 is 33.4. The van der Waals surface area contributed by atoms with Crippen molar-refractivity contribution in [2.75, 3.05) is 98.9 Å². The van der Waals surface area contributed by atoms with Crippen molar-refractivity contribution in [3.8, 4) is 12.3 Å². The molecule has 2 saturated carbocycles. The summed E-state index contributed by atoms with van der Waals surface area (Å²) in [5.74, 6) is 7.72. The molecule has 10 N–H and O–H groups in total. The molecule has 0 aromatic rings. The number of nitrogens with one attached hydrogen (secondary N) is 3. The molecular formula is C61H134FN10O4P. The SMILES string of the molecule is C.C#C[C@@H]1CN(C(C)C)C[C@H]1N.CC(C)C1CCC1.CC(C)C1CCCC1.CC(C)N1CC(N)C(F)C1.CC(C)N1CC(OP(C)(=O)O)C1.CC1CN(C(C)C)C[C@H]1N.CCCNC(C)C.COCCNCCNC(C)C. The molecule has 4 heterocycles. The van der Waals surface area contributed by atoms with Gasteiger partial charge in [-0.1, -0.05) is 122 Å². The Kier molecular flexibility index (Phi) is 47.7. The van der Waals surface area contributed by atoms with Gasteiger partial charge in [0.15, 0.2) is 0 Å². The molecule has 16 heteroatoms. The Hall–Kier alpha value is -0.800. The Morgan fingerprint density at radius 3 is 1.30 bits per heavy atom. The van der Waals surface area contributed by atoms with Crippen LogP contribution in [-0.2, 0) is 13.8 Å². The number of alkyl halides is 1. The Bertz CT molecular complexity index is 1390. The number of hydrogen-bond acceptors (Lipinski definition) is 13. The number of likely N-dealkylation sites (tertiary alicyclic amines) is 4. The molecule has 4 saturated heterocycles. The average Bonchev–Trinajstić information content (AvgIpc) is 4.11. The highest BCUT2D eigenvalue weighted by atomic mass is 31.2. The quantitative estimate of drug-likeness (QED) is 0.0391. The molecule has 464 valence electrons. The average molecular weight is 1120 g/mol. The predicted molar refractivity (Wildman–Crippen MR) is 335 cm³/mol. The first-order chi connectivity index (χ1) is 35.4. The Balaban J connectivity index is -0.000000816. The molecule has 2 aliphatic carbocycles. The van der Waals surface area contributed by atoms with Gasteiger partial charge in [0.1, 0.15) is 6.17 Å². The highest BCUT2D eigenvalue weighted by molar-refractivity contribution is 7.51. The second-order valence-electron chi connectivity index (χ2n) is 25.2. The van der Waals surface area contributed by atoms with Gasteiger partial charge in [-0.05, 0) is 97.9 Å². The maximum atomic E-state index is 12.8. The van der Waals surface area contributed by atoms with Crippen LogP contribution in [0.15, 0.2) is 0 Å². The molecule has 6 fully saturated rings. The van der Waals surface area contributed by atoms with Crippen molar-refractivity contribution in [2.24, 2.45) is 52.7 Å². The standard InChI is InChI=1S/C9H16N2.C8H20N2O.C8H18N2.C8H16.C7H15FN2.C7H16NO3P.C7H14.C6H15N.CH4/c1-4-8-5-11(7(2)3)6-9(8)10;1-8(2)10-5-4-9-6-7-11-3;1-6(2)10-4-7(3)8(9)5-10;1-7(2)8-5-3-4-6-8;1-5(2)10-3-6(8)7(9)4-10;1-6(2)8-4-7(5-8)11-12(3,9)10;1-6(2)7-4-3-5-7;1-4-5-7-6(2)3;/h1,7-9H,5-6,10H2,2-3H3;8-10H,4-7H2,1-3H3;6-8H,4-5,9H2,1-3H3;7-8H,3-6H2,1-2H3;5-7H,3-4,9H2,1-2H3;6-7H,4-5H2,1-3H3,(H,9,10);6-7H,3-5H2,1-2H3;6-7H,4-5H2,1-3H3;1H4/t8-,9-;;7?,8-;;;;;;/m1.1....../s1. The van der Waals surface area contributed by atoms with Crippen LogP contribution in [0.2, 0.25) is 0 Å². The summed E-state index contributed by atoms with van der Waals surface area (Å²) in [6.45, 7) is 52.6. The van der Waals surface area contributed by atoms with E-state index in [9.17, 15) is 8.96 Å². The van der Waals surface area contributed by atoms with Crippen LogP contribution in [0.25, 0.3) is 0 Å². The molecule has 0 aromatic carbocycles. The highest BCUT2D eigenvalue weighted by Gasteiger charge is 2.34. The lowest BCUT2D eigenvalue weighted by Crippen LogP contribution is -2.54. The largest absolute Gasteiger partial charge is 0.383 e. The number of methoxy groups -OCH3 is 1. The van der Waals surface area contributed by atoms with Crippen LogP contribution in [0.5, 0.6) is 0 Å². The molecular weight excluding hydrogens is 987 g/mol. The second-order valence-corrected chi connectivity index (χ2v) is 27.0. The van der Waals surface area contributed by atoms with E-state index >= 15 is 0 Å². The van der Waals surface area contributed by atoms with Crippen molar-refractivity contribution in [3.05, 3.63) is 0 Å². The van der Waals surface area contributed by atoms with E-state index in [-0.39, 0.29) is 31.5 Å². The van der Waals surface area contributed by atoms with Gasteiger partial charge in [0, 0.05) is 146 Å². The van der Waals surface area contributed by atoms with Crippen molar-refractivity contribution >= 4 is 7.60 Å². The molecule has 7 atom stereocenters. The fraction of sp³-hybridized carbons (Fsp3) is 0.967. The van der Waals surface area contributed by atoms with Crippen molar-refractivity contribution in [2.45, 2.75) is 250 Å². The van der Waals surface area contributed by atoms with Gasteiger partial charge in [-0.2, -0.15) is 0 Å². The van der Waals surface area contributed by atoms with Crippen LogP contribution in [0.3, 0.4) is 0 Å². The van der Waals surface area contributed by atoms with Crippen LogP contribution in [0.1, 0.15) is 183 Å². The van der Waals surface area contributed by atoms with Crippen LogP contribution >= 0.6 is 7.60 Å². The lowest BCUT2D eigenvalue weighted by molar-refractivity contribution is -0.00458. The summed E-state index contributed by atoms with van der Waals surface area (Å²) in [6, 6.07) is 3.72. The first kappa shape index (κ1) is 80.4. The number of terminal acetylenes is 1. The summed E-state index contributed by atoms with van der Waals surface area (Å²) in [7, 11) is -1.55. The molecule has 0 spiro atoms. The van der Waals surface area contributed by atoms with Crippen molar-refractivity contribution in [3.63, 3.8) is 0 Å². The number of nitrogens with zero attached hydrogens (tertiary/aromatic N) is 4. The van der Waals surface area contributed by atoms with Gasteiger partial charge in [0.25, 0.3) is 0 Å². The fourth-order valence-corrected chi connectivity index (χ4v) is 9.98. The molecule has 0 aromatic heterocycles. The number of halogens is 1. The number of ether oxygens (including phenoxy) is 1. The lowest BCUT2D eigenvalue weighted by atomic mass is 9.78. The van der Waals surface area contributed by atoms with E-state index in [0.29, 0.717) is 61.3 Å². The minimum absolute atomic E-state index is 0. The minimum atomic E-state index is -3.27. The number of nitrogens with two attached hydrogens (primary N) is 3. The van der Waals surface area contributed by atoms with Gasteiger partial charge in [-0.25, -0.2) is 4.39 Å². The van der Waals surface area contributed by atoms with Crippen LogP contribution in [0, 0.1) is 47.9 Å². The van der Waals surface area contributed by atoms with Crippen molar-refractivity contribution in [1.82, 2.24) is 35.6 Å². The zero-order chi connectivity index (χ0) is 58.7. The van der Waals surface area contributed by atoms with Crippen LogP contribution in [0.4, 0.5) is 4.39 Å². The van der Waals surface area contributed by atoms with E-state index in [4.69, 9.17) is 37.8 Å². The second kappa shape index (κ2) is 45.7. The Morgan fingerprint density at radius 1 is 0.623 bits per heavy atom. The molecule has 4 unspecified atom stereocenters. The Labute approximate surface area is 478 Å². The smallest absolute Gasteiger partial charge is 0.325 e. The maximum Gasteiger partial charge on any atom is 0.325 e. The highest BCUT2D eigenvalue weighted by Crippen LogP contribution is 2.40. The zero-order valence-electron chi connectivity index (χ0n) is 53.3. The van der Waals surface area contributed by atoms with E-state index in [1.165, 1.54) is 64.6 Å². The molecule has 0 bridgehead atoms. The summed E-state index contributed by atoms with van der Waals surface area (Å²) in [4.78, 5) is 17.9.